The SMILES string of the molecule is COc1cc(CC2NCCc3c2ccc(OCc2ccccc2)c3OCc2ccccc2)cc(OC)c1OC.Cl. The van der Waals surface area contributed by atoms with Crippen LogP contribution in [0.3, 0.4) is 0 Å². The van der Waals surface area contributed by atoms with Crippen LogP contribution in [0.4, 0.5) is 0 Å². The monoisotopic (exact) mass is 561 g/mol. The Morgan fingerprint density at radius 1 is 0.650 bits per heavy atom. The number of methoxy groups -OCH3 is 3. The molecule has 6 nitrogen and oxygen atoms in total. The van der Waals surface area contributed by atoms with Gasteiger partial charge in [-0.2, -0.15) is 0 Å². The smallest absolute Gasteiger partial charge is 0.203 e. The number of rotatable bonds is 11. The molecule has 1 heterocycles. The Morgan fingerprint density at radius 3 is 1.82 bits per heavy atom. The number of fused-ring (bicyclic) bond motifs is 1. The first kappa shape index (κ1) is 29.1. The highest BCUT2D eigenvalue weighted by molar-refractivity contribution is 5.85. The molecule has 1 aliphatic rings. The fourth-order valence-electron chi connectivity index (χ4n) is 5.10. The largest absolute Gasteiger partial charge is 0.493 e. The van der Waals surface area contributed by atoms with Crippen LogP contribution >= 0.6 is 12.4 Å². The van der Waals surface area contributed by atoms with E-state index in [1.165, 1.54) is 11.1 Å². The van der Waals surface area contributed by atoms with Gasteiger partial charge in [-0.1, -0.05) is 66.7 Å². The van der Waals surface area contributed by atoms with Crippen LogP contribution in [0.2, 0.25) is 0 Å². The van der Waals surface area contributed by atoms with E-state index in [9.17, 15) is 0 Å². The molecule has 5 rings (SSSR count). The fourth-order valence-corrected chi connectivity index (χ4v) is 5.10. The lowest BCUT2D eigenvalue weighted by molar-refractivity contribution is 0.252. The molecule has 4 aromatic rings. The summed E-state index contributed by atoms with van der Waals surface area (Å²) < 4.78 is 29.5. The molecule has 0 bridgehead atoms. The maximum atomic E-state index is 6.50. The molecule has 0 aliphatic carbocycles. The molecule has 0 saturated heterocycles. The third kappa shape index (κ3) is 6.64. The van der Waals surface area contributed by atoms with Gasteiger partial charge < -0.3 is 29.0 Å². The first-order chi connectivity index (χ1) is 19.2. The number of ether oxygens (including phenoxy) is 5. The molecular weight excluding hydrogens is 526 g/mol. The van der Waals surface area contributed by atoms with Gasteiger partial charge in [-0.25, -0.2) is 0 Å². The van der Waals surface area contributed by atoms with E-state index in [1.807, 2.05) is 54.6 Å². The van der Waals surface area contributed by atoms with Gasteiger partial charge in [0.1, 0.15) is 13.2 Å². The zero-order valence-electron chi connectivity index (χ0n) is 23.1. The van der Waals surface area contributed by atoms with E-state index in [1.54, 1.807) is 21.3 Å². The van der Waals surface area contributed by atoms with Gasteiger partial charge in [-0.15, -0.1) is 12.4 Å². The molecule has 0 saturated carbocycles. The summed E-state index contributed by atoms with van der Waals surface area (Å²) >= 11 is 0. The number of hydrogen-bond acceptors (Lipinski definition) is 6. The van der Waals surface area contributed by atoms with Crippen molar-refractivity contribution >= 4 is 12.4 Å². The highest BCUT2D eigenvalue weighted by atomic mass is 35.5. The Balaban J connectivity index is 0.00000370. The van der Waals surface area contributed by atoms with Crippen LogP contribution in [-0.4, -0.2) is 27.9 Å². The second kappa shape index (κ2) is 14.0. The van der Waals surface area contributed by atoms with Crippen molar-refractivity contribution in [2.75, 3.05) is 27.9 Å². The molecule has 0 aromatic heterocycles. The van der Waals surface area contributed by atoms with E-state index in [4.69, 9.17) is 23.7 Å². The van der Waals surface area contributed by atoms with Gasteiger partial charge in [0.05, 0.1) is 21.3 Å². The number of hydrogen-bond donors (Lipinski definition) is 1. The molecule has 0 spiro atoms. The summed E-state index contributed by atoms with van der Waals surface area (Å²) in [6.07, 6.45) is 1.61. The lowest BCUT2D eigenvalue weighted by Gasteiger charge is -2.30. The average Bonchev–Trinajstić information content (AvgIpc) is 2.99. The van der Waals surface area contributed by atoms with E-state index in [0.717, 1.165) is 47.6 Å². The van der Waals surface area contributed by atoms with E-state index < -0.39 is 0 Å². The summed E-state index contributed by atoms with van der Waals surface area (Å²) in [6, 6.07) is 28.8. The topological polar surface area (TPSA) is 58.2 Å². The van der Waals surface area contributed by atoms with Crippen LogP contribution in [0.1, 0.15) is 33.9 Å². The third-order valence-electron chi connectivity index (χ3n) is 7.03. The molecule has 210 valence electrons. The quantitative estimate of drug-likeness (QED) is 0.219. The molecule has 1 unspecified atom stereocenters. The Kier molecular flexibility index (Phi) is 10.2. The first-order valence-electron chi connectivity index (χ1n) is 13.2. The van der Waals surface area contributed by atoms with Gasteiger partial charge in [0, 0.05) is 11.6 Å². The molecular formula is C33H36ClNO5. The summed E-state index contributed by atoms with van der Waals surface area (Å²) in [4.78, 5) is 0. The van der Waals surface area contributed by atoms with E-state index in [-0.39, 0.29) is 18.4 Å². The summed E-state index contributed by atoms with van der Waals surface area (Å²) in [7, 11) is 4.90. The maximum absolute atomic E-state index is 6.50. The standard InChI is InChI=1S/C33H35NO5.ClH/c1-35-30-19-25(20-31(36-2)33(30)37-3)18-28-26-14-15-29(38-21-23-10-6-4-7-11-23)32(27(26)16-17-34-28)39-22-24-12-8-5-9-13-24;/h4-15,19-20,28,34H,16-18,21-22H2,1-3H3;1H. The van der Waals surface area contributed by atoms with Gasteiger partial charge >= 0.3 is 0 Å². The normalized spacial score (nSPS) is 13.9. The van der Waals surface area contributed by atoms with Crippen LogP contribution in [0.15, 0.2) is 84.9 Å². The lowest BCUT2D eigenvalue weighted by atomic mass is 9.89. The Hall–Kier alpha value is -3.87. The van der Waals surface area contributed by atoms with Crippen LogP contribution in [0.5, 0.6) is 28.7 Å². The van der Waals surface area contributed by atoms with Crippen LogP contribution in [-0.2, 0) is 26.1 Å². The van der Waals surface area contributed by atoms with Gasteiger partial charge in [0.2, 0.25) is 5.75 Å². The van der Waals surface area contributed by atoms with Gasteiger partial charge in [-0.05, 0) is 59.8 Å². The predicted octanol–water partition coefficient (Wildman–Crippen LogP) is 6.72. The van der Waals surface area contributed by atoms with Crippen LogP contribution in [0, 0.1) is 0 Å². The van der Waals surface area contributed by atoms with Crippen molar-refractivity contribution in [2.24, 2.45) is 0 Å². The van der Waals surface area contributed by atoms with E-state index in [0.29, 0.717) is 30.5 Å². The van der Waals surface area contributed by atoms with Crippen molar-refractivity contribution in [3.63, 3.8) is 0 Å². The average molecular weight is 562 g/mol. The molecule has 7 heteroatoms. The Morgan fingerprint density at radius 2 is 1.25 bits per heavy atom. The molecule has 40 heavy (non-hydrogen) atoms. The minimum Gasteiger partial charge on any atom is -0.493 e. The van der Waals surface area contributed by atoms with Gasteiger partial charge in [0.15, 0.2) is 23.0 Å². The molecule has 0 radical (unpaired) electrons. The maximum Gasteiger partial charge on any atom is 0.203 e. The second-order valence-electron chi connectivity index (χ2n) is 9.50. The highest BCUT2D eigenvalue weighted by Gasteiger charge is 2.26. The number of benzene rings is 4. The van der Waals surface area contributed by atoms with E-state index in [2.05, 4.69) is 35.6 Å². The van der Waals surface area contributed by atoms with Crippen molar-refractivity contribution in [1.82, 2.24) is 5.32 Å². The van der Waals surface area contributed by atoms with Crippen molar-refractivity contribution in [3.8, 4) is 28.7 Å². The molecule has 1 atom stereocenters. The molecule has 1 aliphatic heterocycles. The zero-order chi connectivity index (χ0) is 27.0. The Labute approximate surface area is 242 Å². The fraction of sp³-hybridized carbons (Fsp3) is 0.273. The van der Waals surface area contributed by atoms with Crippen LogP contribution < -0.4 is 29.0 Å². The van der Waals surface area contributed by atoms with Gasteiger partial charge in [-0.3, -0.25) is 0 Å². The number of halogens is 1. The minimum absolute atomic E-state index is 0. The second-order valence-corrected chi connectivity index (χ2v) is 9.50. The first-order valence-corrected chi connectivity index (χ1v) is 13.2. The van der Waals surface area contributed by atoms with Crippen molar-refractivity contribution in [1.29, 1.82) is 0 Å². The molecule has 0 amide bonds. The van der Waals surface area contributed by atoms with E-state index >= 15 is 0 Å². The predicted molar refractivity (Wildman–Crippen MR) is 159 cm³/mol. The lowest BCUT2D eigenvalue weighted by Crippen LogP contribution is -2.31. The van der Waals surface area contributed by atoms with Crippen molar-refractivity contribution in [2.45, 2.75) is 32.1 Å². The number of nitrogens with one attached hydrogen (secondary N) is 1. The summed E-state index contributed by atoms with van der Waals surface area (Å²) in [6.45, 7) is 1.80. The van der Waals surface area contributed by atoms with Crippen LogP contribution in [0.25, 0.3) is 0 Å². The van der Waals surface area contributed by atoms with Crippen molar-refractivity contribution in [3.05, 3.63) is 113 Å². The summed E-state index contributed by atoms with van der Waals surface area (Å²) in [5.41, 5.74) is 5.72. The van der Waals surface area contributed by atoms with Crippen molar-refractivity contribution < 1.29 is 23.7 Å². The minimum atomic E-state index is 0. The zero-order valence-corrected chi connectivity index (χ0v) is 24.0. The Bertz CT molecular complexity index is 1360. The summed E-state index contributed by atoms with van der Waals surface area (Å²) in [5, 5.41) is 3.70. The summed E-state index contributed by atoms with van der Waals surface area (Å²) in [5.74, 6) is 3.49. The molecule has 1 N–H and O–H groups in total. The third-order valence-corrected chi connectivity index (χ3v) is 7.03. The molecule has 4 aromatic carbocycles. The highest BCUT2D eigenvalue weighted by Crippen LogP contribution is 2.42. The van der Waals surface area contributed by atoms with Gasteiger partial charge in [0.25, 0.3) is 0 Å². The molecule has 0 fully saturated rings.